The van der Waals surface area contributed by atoms with E-state index < -0.39 is 0 Å². The van der Waals surface area contributed by atoms with Gasteiger partial charge in [0.2, 0.25) is 0 Å². The third-order valence-corrected chi connectivity index (χ3v) is 5.36. The van der Waals surface area contributed by atoms with Crippen LogP contribution in [0, 0.1) is 0 Å². The van der Waals surface area contributed by atoms with E-state index in [1.807, 2.05) is 36.4 Å². The van der Waals surface area contributed by atoms with E-state index in [1.54, 1.807) is 25.1 Å². The molecule has 0 aliphatic carbocycles. The van der Waals surface area contributed by atoms with Crippen LogP contribution in [0.15, 0.2) is 59.1 Å². The molecular formula is C20H17BrN2O3S. The first-order valence-electron chi connectivity index (χ1n) is 8.35. The summed E-state index contributed by atoms with van der Waals surface area (Å²) in [5.74, 6) is -0.583. The number of anilines is 1. The van der Waals surface area contributed by atoms with Crippen LogP contribution in [-0.4, -0.2) is 23.5 Å². The molecule has 0 bridgehead atoms. The Morgan fingerprint density at radius 3 is 2.52 bits per heavy atom. The maximum absolute atomic E-state index is 12.6. The number of nitrogens with one attached hydrogen (secondary N) is 1. The van der Waals surface area contributed by atoms with E-state index in [-0.39, 0.29) is 18.3 Å². The van der Waals surface area contributed by atoms with E-state index in [1.165, 1.54) is 11.3 Å². The first-order valence-corrected chi connectivity index (χ1v) is 9.96. The number of benzene rings is 2. The number of hydrogen-bond donors (Lipinski definition) is 1. The fourth-order valence-corrected chi connectivity index (χ4v) is 3.93. The van der Waals surface area contributed by atoms with Crippen molar-refractivity contribution in [3.63, 3.8) is 0 Å². The quantitative estimate of drug-likeness (QED) is 0.547. The van der Waals surface area contributed by atoms with Crippen molar-refractivity contribution in [1.29, 1.82) is 0 Å². The minimum Gasteiger partial charge on any atom is -0.466 e. The average molecular weight is 445 g/mol. The summed E-state index contributed by atoms with van der Waals surface area (Å²) in [6.07, 6.45) is 0.112. The Bertz CT molecular complexity index is 957. The SMILES string of the molecule is CCOC(=O)Cc1sc(NC(=O)c2ccccc2Br)nc1-c1ccccc1. The summed E-state index contributed by atoms with van der Waals surface area (Å²) in [4.78, 5) is 29.8. The molecule has 1 heterocycles. The van der Waals surface area contributed by atoms with Crippen molar-refractivity contribution in [1.82, 2.24) is 4.98 Å². The zero-order valence-corrected chi connectivity index (χ0v) is 17.0. The number of rotatable bonds is 6. The zero-order chi connectivity index (χ0) is 19.2. The van der Waals surface area contributed by atoms with Gasteiger partial charge in [-0.15, -0.1) is 11.3 Å². The van der Waals surface area contributed by atoms with Crippen LogP contribution < -0.4 is 5.32 Å². The van der Waals surface area contributed by atoms with Gasteiger partial charge in [-0.2, -0.15) is 0 Å². The molecule has 1 N–H and O–H groups in total. The molecule has 0 aliphatic heterocycles. The second-order valence-electron chi connectivity index (χ2n) is 5.57. The van der Waals surface area contributed by atoms with Crippen LogP contribution in [0.5, 0.6) is 0 Å². The molecular weight excluding hydrogens is 428 g/mol. The van der Waals surface area contributed by atoms with Crippen LogP contribution in [0.2, 0.25) is 0 Å². The highest BCUT2D eigenvalue weighted by molar-refractivity contribution is 9.10. The Hall–Kier alpha value is -2.51. The average Bonchev–Trinajstić information content (AvgIpc) is 3.05. The fourth-order valence-electron chi connectivity index (χ4n) is 2.50. The first-order chi connectivity index (χ1) is 13.1. The lowest BCUT2D eigenvalue weighted by Gasteiger charge is -2.03. The standard InChI is InChI=1S/C20H17BrN2O3S/c1-2-26-17(24)12-16-18(13-8-4-3-5-9-13)22-20(27-16)23-19(25)14-10-6-7-11-15(14)21/h3-11H,2,12H2,1H3,(H,22,23,25). The fraction of sp³-hybridized carbons (Fsp3) is 0.150. The number of aromatic nitrogens is 1. The van der Waals surface area contributed by atoms with Crippen LogP contribution >= 0.6 is 27.3 Å². The lowest BCUT2D eigenvalue weighted by Crippen LogP contribution is -2.12. The molecule has 1 amide bonds. The van der Waals surface area contributed by atoms with Gasteiger partial charge in [0, 0.05) is 14.9 Å². The molecule has 7 heteroatoms. The summed E-state index contributed by atoms with van der Waals surface area (Å²) in [7, 11) is 0. The third-order valence-electron chi connectivity index (χ3n) is 3.69. The normalized spacial score (nSPS) is 10.4. The van der Waals surface area contributed by atoms with Crippen molar-refractivity contribution in [2.75, 3.05) is 11.9 Å². The minimum atomic E-state index is -0.318. The molecule has 0 radical (unpaired) electrons. The maximum Gasteiger partial charge on any atom is 0.311 e. The molecule has 0 aliphatic rings. The Kier molecular flexibility index (Phi) is 6.36. The molecule has 2 aromatic carbocycles. The van der Waals surface area contributed by atoms with Crippen LogP contribution in [0.4, 0.5) is 5.13 Å². The van der Waals surface area contributed by atoms with Gasteiger partial charge >= 0.3 is 5.97 Å². The summed E-state index contributed by atoms with van der Waals surface area (Å²) >= 11 is 4.66. The van der Waals surface area contributed by atoms with Gasteiger partial charge in [0.1, 0.15) is 0 Å². The smallest absolute Gasteiger partial charge is 0.311 e. The predicted molar refractivity (Wildman–Crippen MR) is 110 cm³/mol. The van der Waals surface area contributed by atoms with E-state index in [9.17, 15) is 9.59 Å². The van der Waals surface area contributed by atoms with E-state index in [2.05, 4.69) is 26.2 Å². The summed E-state index contributed by atoms with van der Waals surface area (Å²) in [6.45, 7) is 2.09. The molecule has 0 saturated heterocycles. The number of carbonyl (C=O) groups is 2. The van der Waals surface area contributed by atoms with Gasteiger partial charge in [-0.05, 0) is 35.0 Å². The highest BCUT2D eigenvalue weighted by Crippen LogP contribution is 2.32. The van der Waals surface area contributed by atoms with E-state index in [4.69, 9.17) is 4.74 Å². The molecule has 0 unspecified atom stereocenters. The van der Waals surface area contributed by atoms with Gasteiger partial charge < -0.3 is 4.74 Å². The predicted octanol–water partition coefficient (Wildman–Crippen LogP) is 4.93. The number of carbonyl (C=O) groups excluding carboxylic acids is 2. The van der Waals surface area contributed by atoms with Gasteiger partial charge in [-0.25, -0.2) is 4.98 Å². The molecule has 1 aromatic heterocycles. The number of hydrogen-bond acceptors (Lipinski definition) is 5. The van der Waals surface area contributed by atoms with Gasteiger partial charge in [-0.3, -0.25) is 14.9 Å². The molecule has 138 valence electrons. The molecule has 0 fully saturated rings. The molecule has 0 spiro atoms. The summed E-state index contributed by atoms with van der Waals surface area (Å²) < 4.78 is 5.76. The van der Waals surface area contributed by atoms with Crippen molar-refractivity contribution in [3.05, 3.63) is 69.5 Å². The molecule has 3 aromatic rings. The Morgan fingerprint density at radius 1 is 1.11 bits per heavy atom. The number of ether oxygens (including phenoxy) is 1. The molecule has 0 saturated carbocycles. The van der Waals surface area contributed by atoms with Crippen molar-refractivity contribution in [2.24, 2.45) is 0 Å². The number of nitrogens with zero attached hydrogens (tertiary/aromatic N) is 1. The monoisotopic (exact) mass is 444 g/mol. The van der Waals surface area contributed by atoms with E-state index in [0.29, 0.717) is 27.5 Å². The van der Waals surface area contributed by atoms with Gasteiger partial charge in [-0.1, -0.05) is 42.5 Å². The van der Waals surface area contributed by atoms with E-state index >= 15 is 0 Å². The van der Waals surface area contributed by atoms with Crippen molar-refractivity contribution in [2.45, 2.75) is 13.3 Å². The van der Waals surface area contributed by atoms with Crippen molar-refractivity contribution >= 4 is 44.3 Å². The van der Waals surface area contributed by atoms with Gasteiger partial charge in [0.05, 0.1) is 24.3 Å². The van der Waals surface area contributed by atoms with Crippen LogP contribution in [0.3, 0.4) is 0 Å². The van der Waals surface area contributed by atoms with Crippen LogP contribution in [0.25, 0.3) is 11.3 Å². The lowest BCUT2D eigenvalue weighted by atomic mass is 10.1. The second-order valence-corrected chi connectivity index (χ2v) is 7.51. The van der Waals surface area contributed by atoms with Crippen LogP contribution in [-0.2, 0) is 16.0 Å². The first kappa shape index (κ1) is 19.3. The minimum absolute atomic E-state index is 0.112. The van der Waals surface area contributed by atoms with Gasteiger partial charge in [0.15, 0.2) is 5.13 Å². The molecule has 3 rings (SSSR count). The maximum atomic E-state index is 12.6. The number of esters is 1. The van der Waals surface area contributed by atoms with Crippen LogP contribution in [0.1, 0.15) is 22.2 Å². The summed E-state index contributed by atoms with van der Waals surface area (Å²) in [5, 5.41) is 3.26. The molecule has 27 heavy (non-hydrogen) atoms. The third kappa shape index (κ3) is 4.81. The Labute approximate surface area is 169 Å². The number of halogens is 1. The Balaban J connectivity index is 1.90. The Morgan fingerprint density at radius 2 is 1.81 bits per heavy atom. The summed E-state index contributed by atoms with van der Waals surface area (Å²) in [5.41, 5.74) is 2.08. The number of amides is 1. The molecule has 0 atom stereocenters. The number of thiazole rings is 1. The summed E-state index contributed by atoms with van der Waals surface area (Å²) in [6, 6.07) is 16.7. The van der Waals surface area contributed by atoms with E-state index in [0.717, 1.165) is 10.4 Å². The van der Waals surface area contributed by atoms with Crippen molar-refractivity contribution < 1.29 is 14.3 Å². The van der Waals surface area contributed by atoms with Gasteiger partial charge in [0.25, 0.3) is 5.91 Å². The largest absolute Gasteiger partial charge is 0.466 e. The zero-order valence-electron chi connectivity index (χ0n) is 14.6. The topological polar surface area (TPSA) is 68.3 Å². The second kappa shape index (κ2) is 8.92. The van der Waals surface area contributed by atoms with Crippen molar-refractivity contribution in [3.8, 4) is 11.3 Å². The lowest BCUT2D eigenvalue weighted by molar-refractivity contribution is -0.142. The highest BCUT2D eigenvalue weighted by Gasteiger charge is 2.19. The highest BCUT2D eigenvalue weighted by atomic mass is 79.9. The molecule has 5 nitrogen and oxygen atoms in total.